The van der Waals surface area contributed by atoms with Gasteiger partial charge in [-0.15, -0.1) is 0 Å². The summed E-state index contributed by atoms with van der Waals surface area (Å²) in [6, 6.07) is 16.3. The second-order valence-electron chi connectivity index (χ2n) is 11.1. The van der Waals surface area contributed by atoms with E-state index in [1.165, 1.54) is 4.90 Å². The third-order valence-corrected chi connectivity index (χ3v) is 7.61. The Balaban J connectivity index is 1.32. The van der Waals surface area contributed by atoms with Gasteiger partial charge in [0.1, 0.15) is 11.5 Å². The first-order valence-electron chi connectivity index (χ1n) is 14.1. The van der Waals surface area contributed by atoms with Crippen molar-refractivity contribution in [2.45, 2.75) is 38.6 Å². The molecule has 220 valence electrons. The second-order valence-corrected chi connectivity index (χ2v) is 11.1. The number of fused-ring (bicyclic) bond motifs is 5. The molecule has 4 bridgehead atoms. The predicted octanol–water partition coefficient (Wildman–Crippen LogP) is 3.00. The Hall–Kier alpha value is -4.28. The molecule has 3 amide bonds. The molecule has 0 spiro atoms. The number of likely N-dealkylation sites (N-methyl/N-ethyl adjacent to an activating group) is 2. The zero-order valence-corrected chi connectivity index (χ0v) is 24.3. The van der Waals surface area contributed by atoms with E-state index in [4.69, 9.17) is 9.47 Å². The van der Waals surface area contributed by atoms with Gasteiger partial charge in [-0.1, -0.05) is 18.2 Å². The molecule has 1 saturated heterocycles. The first-order valence-corrected chi connectivity index (χ1v) is 14.1. The Morgan fingerprint density at radius 3 is 2.74 bits per heavy atom. The fourth-order valence-electron chi connectivity index (χ4n) is 5.31. The van der Waals surface area contributed by atoms with Crippen molar-refractivity contribution in [3.05, 3.63) is 89.2 Å². The number of rotatable bonds is 4. The smallest absolute Gasteiger partial charge is 0.254 e. The van der Waals surface area contributed by atoms with Gasteiger partial charge in [0.25, 0.3) is 5.91 Å². The SMILES string of the molecule is Cc1ccc2cc1Oc1cccc(c1)CO[C@@H]1CCN(C(=O)CN(C)Cc3ccncc3)C[C@@H]1NC(=O)CN(C)C2=O. The molecule has 3 heterocycles. The Kier molecular flexibility index (Phi) is 9.14. The van der Waals surface area contributed by atoms with Crippen LogP contribution >= 0.6 is 0 Å². The summed E-state index contributed by atoms with van der Waals surface area (Å²) in [4.78, 5) is 48.8. The maximum atomic E-state index is 13.3. The Morgan fingerprint density at radius 1 is 1.12 bits per heavy atom. The van der Waals surface area contributed by atoms with E-state index in [9.17, 15) is 14.4 Å². The molecule has 42 heavy (non-hydrogen) atoms. The monoisotopic (exact) mass is 571 g/mol. The van der Waals surface area contributed by atoms with E-state index in [2.05, 4.69) is 10.3 Å². The summed E-state index contributed by atoms with van der Waals surface area (Å²) in [6.07, 6.45) is 3.74. The largest absolute Gasteiger partial charge is 0.457 e. The molecular formula is C32H37N5O5. The van der Waals surface area contributed by atoms with Crippen LogP contribution in [0, 0.1) is 6.92 Å². The highest BCUT2D eigenvalue weighted by Crippen LogP contribution is 2.28. The van der Waals surface area contributed by atoms with Gasteiger partial charge in [0.2, 0.25) is 11.8 Å². The summed E-state index contributed by atoms with van der Waals surface area (Å²) in [6.45, 7) is 3.83. The normalized spacial score (nSPS) is 19.6. The number of nitrogens with one attached hydrogen (secondary N) is 1. The summed E-state index contributed by atoms with van der Waals surface area (Å²) in [5, 5.41) is 3.06. The summed E-state index contributed by atoms with van der Waals surface area (Å²) < 4.78 is 12.5. The molecule has 3 aromatic rings. The standard InChI is InChI=1S/C32H37N5O5/c1-22-7-8-25-16-29(22)42-26-6-4-5-24(15-26)21-41-28-11-14-37(18-27(28)34-30(38)19-36(3)32(25)40)31(39)20-35(2)17-23-9-12-33-13-10-23/h4-10,12-13,15-16,27-28H,11,14,17-21H2,1-3H3,(H,34,38)/t27-,28+/m0/s1. The molecule has 2 atom stereocenters. The van der Waals surface area contributed by atoms with Crippen molar-refractivity contribution in [2.75, 3.05) is 40.3 Å². The zero-order valence-electron chi connectivity index (χ0n) is 24.3. The second kappa shape index (κ2) is 13.1. The van der Waals surface area contributed by atoms with Crippen molar-refractivity contribution in [2.24, 2.45) is 0 Å². The molecular weight excluding hydrogens is 534 g/mol. The minimum atomic E-state index is -0.428. The molecule has 1 fully saturated rings. The number of carbonyl (C=O) groups excluding carboxylic acids is 3. The number of hydrogen-bond donors (Lipinski definition) is 1. The van der Waals surface area contributed by atoms with Crippen LogP contribution in [0.15, 0.2) is 67.0 Å². The van der Waals surface area contributed by atoms with Crippen molar-refractivity contribution in [3.63, 3.8) is 0 Å². The van der Waals surface area contributed by atoms with Crippen molar-refractivity contribution in [1.82, 2.24) is 25.0 Å². The van der Waals surface area contributed by atoms with E-state index in [0.29, 0.717) is 49.7 Å². The van der Waals surface area contributed by atoms with Gasteiger partial charge in [-0.2, -0.15) is 0 Å². The maximum Gasteiger partial charge on any atom is 0.254 e. The maximum absolute atomic E-state index is 13.3. The van der Waals surface area contributed by atoms with Gasteiger partial charge in [0.15, 0.2) is 0 Å². The van der Waals surface area contributed by atoms with Gasteiger partial charge in [0, 0.05) is 44.6 Å². The molecule has 0 saturated carbocycles. The van der Waals surface area contributed by atoms with E-state index < -0.39 is 6.04 Å². The Morgan fingerprint density at radius 2 is 1.93 bits per heavy atom. The molecule has 0 radical (unpaired) electrons. The molecule has 0 unspecified atom stereocenters. The summed E-state index contributed by atoms with van der Waals surface area (Å²) in [5.74, 6) is 0.601. The number of amides is 3. The number of pyridine rings is 1. The van der Waals surface area contributed by atoms with Gasteiger partial charge >= 0.3 is 0 Å². The Bertz CT molecular complexity index is 1430. The molecule has 5 rings (SSSR count). The first-order chi connectivity index (χ1) is 20.2. The molecule has 1 N–H and O–H groups in total. The lowest BCUT2D eigenvalue weighted by atomic mass is 10.0. The average Bonchev–Trinajstić information content (AvgIpc) is 2.97. The molecule has 2 aliphatic rings. The molecule has 10 heteroatoms. The zero-order chi connectivity index (χ0) is 29.6. The third-order valence-electron chi connectivity index (χ3n) is 7.61. The number of ether oxygens (including phenoxy) is 2. The highest BCUT2D eigenvalue weighted by molar-refractivity contribution is 5.96. The van der Waals surface area contributed by atoms with Crippen LogP contribution in [0.5, 0.6) is 11.5 Å². The molecule has 2 aliphatic heterocycles. The predicted molar refractivity (Wildman–Crippen MR) is 157 cm³/mol. The highest BCUT2D eigenvalue weighted by Gasteiger charge is 2.34. The minimum Gasteiger partial charge on any atom is -0.457 e. The van der Waals surface area contributed by atoms with Crippen molar-refractivity contribution < 1.29 is 23.9 Å². The lowest BCUT2D eigenvalue weighted by molar-refractivity contribution is -0.138. The number of hydrogen-bond acceptors (Lipinski definition) is 7. The van der Waals surface area contributed by atoms with E-state index in [1.807, 2.05) is 61.3 Å². The number of carbonyl (C=O) groups is 3. The van der Waals surface area contributed by atoms with Crippen LogP contribution in [0.2, 0.25) is 0 Å². The quantitative estimate of drug-likeness (QED) is 0.514. The van der Waals surface area contributed by atoms with Crippen LogP contribution in [0.25, 0.3) is 0 Å². The molecule has 10 nitrogen and oxygen atoms in total. The van der Waals surface area contributed by atoms with Crippen LogP contribution < -0.4 is 10.1 Å². The van der Waals surface area contributed by atoms with Gasteiger partial charge < -0.3 is 24.6 Å². The fraction of sp³-hybridized carbons (Fsp3) is 0.375. The topological polar surface area (TPSA) is 104 Å². The summed E-state index contributed by atoms with van der Waals surface area (Å²) in [5.41, 5.74) is 3.32. The van der Waals surface area contributed by atoms with Crippen molar-refractivity contribution in [3.8, 4) is 11.5 Å². The van der Waals surface area contributed by atoms with Gasteiger partial charge in [0.05, 0.1) is 31.8 Å². The van der Waals surface area contributed by atoms with Gasteiger partial charge in [-0.25, -0.2) is 0 Å². The molecule has 1 aromatic heterocycles. The van der Waals surface area contributed by atoms with Gasteiger partial charge in [-0.05, 0) is 73.5 Å². The minimum absolute atomic E-state index is 0.0151. The average molecular weight is 572 g/mol. The number of aryl methyl sites for hydroxylation is 1. The van der Waals surface area contributed by atoms with Crippen LogP contribution in [-0.2, 0) is 27.5 Å². The van der Waals surface area contributed by atoms with Crippen LogP contribution in [0.3, 0.4) is 0 Å². The summed E-state index contributed by atoms with van der Waals surface area (Å²) >= 11 is 0. The first kappa shape index (κ1) is 29.2. The third kappa shape index (κ3) is 7.32. The lowest BCUT2D eigenvalue weighted by Gasteiger charge is -2.39. The number of nitrogens with zero attached hydrogens (tertiary/aromatic N) is 4. The van der Waals surface area contributed by atoms with E-state index in [1.54, 1.807) is 36.5 Å². The van der Waals surface area contributed by atoms with Crippen LogP contribution in [0.4, 0.5) is 0 Å². The van der Waals surface area contributed by atoms with Gasteiger partial charge in [-0.3, -0.25) is 24.3 Å². The molecule has 2 aromatic carbocycles. The summed E-state index contributed by atoms with van der Waals surface area (Å²) in [7, 11) is 3.50. The van der Waals surface area contributed by atoms with Crippen molar-refractivity contribution >= 4 is 17.7 Å². The highest BCUT2D eigenvalue weighted by atomic mass is 16.5. The number of likely N-dealkylation sites (tertiary alicyclic amines) is 1. The Labute approximate surface area is 246 Å². The van der Waals surface area contributed by atoms with Crippen LogP contribution in [-0.4, -0.2) is 89.8 Å². The number of piperidine rings is 1. The van der Waals surface area contributed by atoms with E-state index >= 15 is 0 Å². The van der Waals surface area contributed by atoms with Crippen LogP contribution in [0.1, 0.15) is 33.5 Å². The van der Waals surface area contributed by atoms with E-state index in [0.717, 1.165) is 16.7 Å². The number of aromatic nitrogens is 1. The van der Waals surface area contributed by atoms with Crippen molar-refractivity contribution in [1.29, 1.82) is 0 Å². The fourth-order valence-corrected chi connectivity index (χ4v) is 5.31. The lowest BCUT2D eigenvalue weighted by Crippen LogP contribution is -2.59. The number of benzene rings is 2. The van der Waals surface area contributed by atoms with E-state index in [-0.39, 0.29) is 36.9 Å². The molecule has 0 aliphatic carbocycles.